The second kappa shape index (κ2) is 6.11. The van der Waals surface area contributed by atoms with Crippen molar-refractivity contribution in [1.82, 2.24) is 4.98 Å². The number of para-hydroxylation sites is 1. The SMILES string of the molecule is Oc1nc(Nc2cccc(Cl)c2)sc1C=C1C=Nc2ccccc21. The molecule has 2 N–H and O–H groups in total. The zero-order chi connectivity index (χ0) is 16.5. The first-order valence-electron chi connectivity index (χ1n) is 7.26. The Bertz CT molecular complexity index is 978. The standard InChI is InChI=1S/C18H12ClN3OS/c19-12-4-3-5-13(9-12)21-18-22-17(23)16(24-18)8-11-10-20-15-7-2-1-6-14(11)15/h1-10,23H,(H,21,22). The summed E-state index contributed by atoms with van der Waals surface area (Å²) in [5, 5.41) is 14.5. The predicted molar refractivity (Wildman–Crippen MR) is 101 cm³/mol. The summed E-state index contributed by atoms with van der Waals surface area (Å²) in [6.07, 6.45) is 3.69. The second-order valence-corrected chi connectivity index (χ2v) is 6.68. The van der Waals surface area contributed by atoms with E-state index in [2.05, 4.69) is 15.3 Å². The summed E-state index contributed by atoms with van der Waals surface area (Å²) in [7, 11) is 0. The first kappa shape index (κ1) is 14.9. The first-order chi connectivity index (χ1) is 11.7. The maximum absolute atomic E-state index is 10.1. The minimum atomic E-state index is -0.00481. The number of hydrogen-bond acceptors (Lipinski definition) is 5. The number of halogens is 1. The zero-order valence-corrected chi connectivity index (χ0v) is 14.0. The summed E-state index contributed by atoms with van der Waals surface area (Å²) >= 11 is 7.35. The lowest BCUT2D eigenvalue weighted by Crippen LogP contribution is -1.88. The Kier molecular flexibility index (Phi) is 3.80. The molecule has 4 nitrogen and oxygen atoms in total. The van der Waals surface area contributed by atoms with Crippen LogP contribution in [0.3, 0.4) is 0 Å². The Balaban J connectivity index is 1.63. The van der Waals surface area contributed by atoms with Crippen molar-refractivity contribution in [3.8, 4) is 5.88 Å². The van der Waals surface area contributed by atoms with Crippen LogP contribution in [-0.2, 0) is 0 Å². The number of rotatable bonds is 3. The maximum atomic E-state index is 10.1. The van der Waals surface area contributed by atoms with E-state index < -0.39 is 0 Å². The molecule has 0 saturated heterocycles. The van der Waals surface area contributed by atoms with Gasteiger partial charge in [-0.3, -0.25) is 4.99 Å². The maximum Gasteiger partial charge on any atom is 0.231 e. The molecule has 118 valence electrons. The molecule has 0 bridgehead atoms. The van der Waals surface area contributed by atoms with E-state index >= 15 is 0 Å². The van der Waals surface area contributed by atoms with Crippen molar-refractivity contribution >= 4 is 57.3 Å². The lowest BCUT2D eigenvalue weighted by Gasteiger charge is -2.01. The lowest BCUT2D eigenvalue weighted by molar-refractivity contribution is 0.457. The highest BCUT2D eigenvalue weighted by atomic mass is 35.5. The molecule has 0 spiro atoms. The quantitative estimate of drug-likeness (QED) is 0.653. The molecule has 0 unspecified atom stereocenters. The van der Waals surface area contributed by atoms with Gasteiger partial charge in [-0.25, -0.2) is 0 Å². The van der Waals surface area contributed by atoms with Gasteiger partial charge in [0, 0.05) is 28.1 Å². The highest BCUT2D eigenvalue weighted by Gasteiger charge is 2.14. The Labute approximate surface area is 147 Å². The monoisotopic (exact) mass is 353 g/mol. The van der Waals surface area contributed by atoms with Crippen molar-refractivity contribution in [1.29, 1.82) is 0 Å². The number of hydrogen-bond donors (Lipinski definition) is 2. The molecular formula is C18H12ClN3OS. The number of nitrogens with one attached hydrogen (secondary N) is 1. The van der Waals surface area contributed by atoms with Crippen LogP contribution in [0.15, 0.2) is 53.5 Å². The Morgan fingerprint density at radius 1 is 1.12 bits per heavy atom. The number of aromatic hydroxyl groups is 1. The van der Waals surface area contributed by atoms with Crippen LogP contribution in [0.2, 0.25) is 5.02 Å². The van der Waals surface area contributed by atoms with E-state index in [1.165, 1.54) is 11.3 Å². The zero-order valence-electron chi connectivity index (χ0n) is 12.4. The highest BCUT2D eigenvalue weighted by Crippen LogP contribution is 2.37. The van der Waals surface area contributed by atoms with Crippen molar-refractivity contribution in [3.05, 3.63) is 64.0 Å². The van der Waals surface area contributed by atoms with Gasteiger partial charge in [-0.1, -0.05) is 47.2 Å². The smallest absolute Gasteiger partial charge is 0.231 e. The van der Waals surface area contributed by atoms with Crippen LogP contribution < -0.4 is 5.32 Å². The van der Waals surface area contributed by atoms with E-state index in [1.54, 1.807) is 18.3 Å². The van der Waals surface area contributed by atoms with Gasteiger partial charge < -0.3 is 10.4 Å². The minimum Gasteiger partial charge on any atom is -0.492 e. The minimum absolute atomic E-state index is 0.00481. The normalized spacial score (nSPS) is 14.1. The van der Waals surface area contributed by atoms with Crippen LogP contribution in [0.5, 0.6) is 5.88 Å². The van der Waals surface area contributed by atoms with Crippen molar-refractivity contribution in [2.45, 2.75) is 0 Å². The fraction of sp³-hybridized carbons (Fsp3) is 0. The van der Waals surface area contributed by atoms with Crippen molar-refractivity contribution in [3.63, 3.8) is 0 Å². The van der Waals surface area contributed by atoms with Crippen molar-refractivity contribution < 1.29 is 5.11 Å². The van der Waals surface area contributed by atoms with Crippen LogP contribution in [0, 0.1) is 0 Å². The van der Waals surface area contributed by atoms with E-state index in [0.717, 1.165) is 22.5 Å². The molecule has 0 saturated carbocycles. The van der Waals surface area contributed by atoms with E-state index in [4.69, 9.17) is 11.6 Å². The van der Waals surface area contributed by atoms with Gasteiger partial charge in [-0.15, -0.1) is 0 Å². The highest BCUT2D eigenvalue weighted by molar-refractivity contribution is 7.16. The van der Waals surface area contributed by atoms with E-state index in [-0.39, 0.29) is 5.88 Å². The Morgan fingerprint density at radius 3 is 2.88 bits per heavy atom. The molecule has 1 aliphatic heterocycles. The molecule has 2 heterocycles. The molecule has 0 atom stereocenters. The summed E-state index contributed by atoms with van der Waals surface area (Å²) in [5.41, 5.74) is 3.77. The molecular weight excluding hydrogens is 342 g/mol. The van der Waals surface area contributed by atoms with Crippen molar-refractivity contribution in [2.24, 2.45) is 4.99 Å². The third-order valence-electron chi connectivity index (χ3n) is 3.55. The number of thiazole rings is 1. The van der Waals surface area contributed by atoms with Gasteiger partial charge in [-0.05, 0) is 30.3 Å². The number of allylic oxidation sites excluding steroid dienone is 1. The molecule has 1 aromatic heterocycles. The van der Waals surface area contributed by atoms with Gasteiger partial charge in [-0.2, -0.15) is 4.98 Å². The number of fused-ring (bicyclic) bond motifs is 1. The van der Waals surface area contributed by atoms with Crippen LogP contribution >= 0.6 is 22.9 Å². The van der Waals surface area contributed by atoms with Gasteiger partial charge in [0.25, 0.3) is 0 Å². The van der Waals surface area contributed by atoms with Crippen LogP contribution in [0.25, 0.3) is 11.6 Å². The van der Waals surface area contributed by atoms with Gasteiger partial charge in [0.1, 0.15) is 0 Å². The largest absolute Gasteiger partial charge is 0.492 e. The van der Waals surface area contributed by atoms with E-state index in [9.17, 15) is 5.11 Å². The van der Waals surface area contributed by atoms with E-state index in [0.29, 0.717) is 15.0 Å². The van der Waals surface area contributed by atoms with Gasteiger partial charge in [0.05, 0.1) is 10.6 Å². The molecule has 0 aliphatic carbocycles. The number of aliphatic imine (C=N–C) groups is 1. The molecule has 24 heavy (non-hydrogen) atoms. The average molecular weight is 354 g/mol. The predicted octanol–water partition coefficient (Wildman–Crippen LogP) is 5.50. The molecule has 0 fully saturated rings. The molecule has 3 aromatic rings. The lowest BCUT2D eigenvalue weighted by atomic mass is 10.1. The second-order valence-electron chi connectivity index (χ2n) is 5.22. The summed E-state index contributed by atoms with van der Waals surface area (Å²) in [4.78, 5) is 9.21. The third kappa shape index (κ3) is 2.91. The van der Waals surface area contributed by atoms with Gasteiger partial charge in [0.2, 0.25) is 5.88 Å². The summed E-state index contributed by atoms with van der Waals surface area (Å²) in [5.74, 6) is -0.00481. The Morgan fingerprint density at radius 2 is 2.00 bits per heavy atom. The van der Waals surface area contributed by atoms with E-state index in [1.807, 2.05) is 42.5 Å². The van der Waals surface area contributed by atoms with Crippen LogP contribution in [0.4, 0.5) is 16.5 Å². The van der Waals surface area contributed by atoms with Crippen molar-refractivity contribution in [2.75, 3.05) is 5.32 Å². The topological polar surface area (TPSA) is 57.5 Å². The molecule has 0 amide bonds. The Hall–Kier alpha value is -2.63. The van der Waals surface area contributed by atoms with Gasteiger partial charge >= 0.3 is 0 Å². The van der Waals surface area contributed by atoms with Crippen LogP contribution in [0.1, 0.15) is 10.4 Å². The number of aromatic nitrogens is 1. The fourth-order valence-corrected chi connectivity index (χ4v) is 3.48. The summed E-state index contributed by atoms with van der Waals surface area (Å²) in [6.45, 7) is 0. The molecule has 0 radical (unpaired) electrons. The number of benzene rings is 2. The number of anilines is 2. The summed E-state index contributed by atoms with van der Waals surface area (Å²) < 4.78 is 0. The molecule has 4 rings (SSSR count). The fourth-order valence-electron chi connectivity index (χ4n) is 2.46. The number of nitrogens with zero attached hydrogens (tertiary/aromatic N) is 2. The van der Waals surface area contributed by atoms with Crippen LogP contribution in [-0.4, -0.2) is 16.3 Å². The molecule has 1 aliphatic rings. The molecule has 6 heteroatoms. The first-order valence-corrected chi connectivity index (χ1v) is 8.46. The average Bonchev–Trinajstić information content (AvgIpc) is 3.12. The van der Waals surface area contributed by atoms with Gasteiger partial charge in [0.15, 0.2) is 5.13 Å². The molecule has 2 aromatic carbocycles. The third-order valence-corrected chi connectivity index (χ3v) is 4.70. The summed E-state index contributed by atoms with van der Waals surface area (Å²) in [6, 6.07) is 15.3.